The molecule has 0 fully saturated rings. The fourth-order valence-corrected chi connectivity index (χ4v) is 2.45. The maximum atomic E-state index is 12.5. The van der Waals surface area contributed by atoms with Gasteiger partial charge >= 0.3 is 11.9 Å². The average Bonchev–Trinajstić information content (AvgIpc) is 2.63. The summed E-state index contributed by atoms with van der Waals surface area (Å²) in [6.07, 6.45) is -0.261. The fourth-order valence-electron chi connectivity index (χ4n) is 2.21. The molecule has 2 amide bonds. The third-order valence-corrected chi connectivity index (χ3v) is 4.08. The van der Waals surface area contributed by atoms with E-state index in [1.165, 1.54) is 0 Å². The lowest BCUT2D eigenvalue weighted by Crippen LogP contribution is -2.55. The summed E-state index contributed by atoms with van der Waals surface area (Å²) >= 11 is 3.89. The summed E-state index contributed by atoms with van der Waals surface area (Å²) in [5.41, 5.74) is 6.41. The molecule has 10 heteroatoms. The van der Waals surface area contributed by atoms with Crippen molar-refractivity contribution in [2.45, 2.75) is 37.4 Å². The van der Waals surface area contributed by atoms with Crippen molar-refractivity contribution >= 4 is 36.4 Å². The van der Waals surface area contributed by atoms with Gasteiger partial charge in [0.2, 0.25) is 11.8 Å². The van der Waals surface area contributed by atoms with Gasteiger partial charge in [0.25, 0.3) is 0 Å². The number of carboxylic acid groups (broad SMARTS) is 2. The Balaban J connectivity index is 2.86. The molecule has 0 heterocycles. The molecule has 3 unspecified atom stereocenters. The molecule has 0 aliphatic heterocycles. The van der Waals surface area contributed by atoms with Crippen molar-refractivity contribution in [1.82, 2.24) is 10.6 Å². The van der Waals surface area contributed by atoms with E-state index in [9.17, 15) is 19.2 Å². The highest BCUT2D eigenvalue weighted by Crippen LogP contribution is 2.05. The molecule has 0 aliphatic rings. The van der Waals surface area contributed by atoms with Crippen molar-refractivity contribution in [2.24, 2.45) is 5.73 Å². The van der Waals surface area contributed by atoms with Crippen LogP contribution in [0.4, 0.5) is 0 Å². The van der Waals surface area contributed by atoms with Crippen LogP contribution in [0.5, 0.6) is 0 Å². The molecule has 1 aromatic rings. The summed E-state index contributed by atoms with van der Waals surface area (Å²) in [5.74, 6) is -3.84. The van der Waals surface area contributed by atoms with Gasteiger partial charge in [-0.15, -0.1) is 0 Å². The molecule has 27 heavy (non-hydrogen) atoms. The topological polar surface area (TPSA) is 159 Å². The van der Waals surface area contributed by atoms with Crippen molar-refractivity contribution in [3.8, 4) is 0 Å². The maximum absolute atomic E-state index is 12.5. The standard InChI is InChI=1S/C17H23N3O6S/c18-11(6-7-14(21)22)15(23)19-12(8-10-4-2-1-3-5-10)16(24)20-13(9-27)17(25)26/h1-5,11-13,27H,6-9,18H2,(H,19,23)(H,20,24)(H,21,22)(H,25,26). The summed E-state index contributed by atoms with van der Waals surface area (Å²) < 4.78 is 0. The first-order valence-electron chi connectivity index (χ1n) is 8.20. The van der Waals surface area contributed by atoms with Crippen LogP contribution in [-0.2, 0) is 25.6 Å². The number of hydrogen-bond acceptors (Lipinski definition) is 6. The minimum Gasteiger partial charge on any atom is -0.481 e. The summed E-state index contributed by atoms with van der Waals surface area (Å²) in [5, 5.41) is 22.5. The lowest BCUT2D eigenvalue weighted by atomic mass is 10.0. The van der Waals surface area contributed by atoms with Gasteiger partial charge in [-0.1, -0.05) is 30.3 Å². The van der Waals surface area contributed by atoms with Crippen LogP contribution in [0.3, 0.4) is 0 Å². The van der Waals surface area contributed by atoms with Crippen LogP contribution in [0.1, 0.15) is 18.4 Å². The highest BCUT2D eigenvalue weighted by atomic mass is 32.1. The van der Waals surface area contributed by atoms with Crippen LogP contribution < -0.4 is 16.4 Å². The molecule has 0 bridgehead atoms. The van der Waals surface area contributed by atoms with Crippen molar-refractivity contribution in [3.63, 3.8) is 0 Å². The zero-order chi connectivity index (χ0) is 20.4. The van der Waals surface area contributed by atoms with E-state index in [0.29, 0.717) is 0 Å². The number of carbonyl (C=O) groups excluding carboxylic acids is 2. The Hall–Kier alpha value is -2.59. The number of nitrogens with one attached hydrogen (secondary N) is 2. The summed E-state index contributed by atoms with van der Waals surface area (Å²) in [6, 6.07) is 5.44. The van der Waals surface area contributed by atoms with Crippen LogP contribution >= 0.6 is 12.6 Å². The Bertz CT molecular complexity index is 670. The van der Waals surface area contributed by atoms with Gasteiger partial charge in [0, 0.05) is 18.6 Å². The molecule has 1 aromatic carbocycles. The number of rotatable bonds is 11. The average molecular weight is 397 g/mol. The molecule has 0 saturated heterocycles. The normalized spacial score (nSPS) is 13.9. The highest BCUT2D eigenvalue weighted by molar-refractivity contribution is 7.80. The highest BCUT2D eigenvalue weighted by Gasteiger charge is 2.27. The number of carboxylic acids is 2. The molecular formula is C17H23N3O6S. The van der Waals surface area contributed by atoms with E-state index in [4.69, 9.17) is 15.9 Å². The summed E-state index contributed by atoms with van der Waals surface area (Å²) in [6.45, 7) is 0. The number of amides is 2. The van der Waals surface area contributed by atoms with Gasteiger partial charge in [0.1, 0.15) is 12.1 Å². The van der Waals surface area contributed by atoms with Crippen LogP contribution in [-0.4, -0.2) is 57.8 Å². The molecule has 0 saturated carbocycles. The monoisotopic (exact) mass is 397 g/mol. The van der Waals surface area contributed by atoms with E-state index in [2.05, 4.69) is 23.3 Å². The lowest BCUT2D eigenvalue weighted by molar-refractivity contribution is -0.141. The molecule has 0 radical (unpaired) electrons. The zero-order valence-corrected chi connectivity index (χ0v) is 15.4. The molecule has 3 atom stereocenters. The third-order valence-electron chi connectivity index (χ3n) is 3.72. The maximum Gasteiger partial charge on any atom is 0.327 e. The minimum atomic E-state index is -1.25. The van der Waals surface area contributed by atoms with Crippen LogP contribution in [0.2, 0.25) is 0 Å². The van der Waals surface area contributed by atoms with Crippen molar-refractivity contribution in [3.05, 3.63) is 35.9 Å². The molecule has 9 nitrogen and oxygen atoms in total. The molecule has 6 N–H and O–H groups in total. The Labute approximate surface area is 161 Å². The first kappa shape index (κ1) is 22.5. The van der Waals surface area contributed by atoms with Gasteiger partial charge in [-0.05, 0) is 12.0 Å². The van der Waals surface area contributed by atoms with Gasteiger partial charge in [0.15, 0.2) is 0 Å². The second kappa shape index (κ2) is 11.2. The van der Waals surface area contributed by atoms with Gasteiger partial charge in [-0.2, -0.15) is 12.6 Å². The predicted octanol–water partition coefficient (Wildman–Crippen LogP) is -0.595. The fraction of sp³-hybridized carbons (Fsp3) is 0.412. The molecule has 1 rings (SSSR count). The first-order valence-corrected chi connectivity index (χ1v) is 8.83. The lowest BCUT2D eigenvalue weighted by Gasteiger charge is -2.22. The van der Waals surface area contributed by atoms with Crippen LogP contribution in [0.15, 0.2) is 30.3 Å². The number of thiol groups is 1. The zero-order valence-electron chi connectivity index (χ0n) is 14.5. The van der Waals surface area contributed by atoms with E-state index < -0.39 is 41.9 Å². The van der Waals surface area contributed by atoms with Gasteiger partial charge < -0.3 is 26.6 Å². The Morgan fingerprint density at radius 3 is 2.11 bits per heavy atom. The van der Waals surface area contributed by atoms with Gasteiger partial charge in [-0.25, -0.2) is 4.79 Å². The molecule has 0 spiro atoms. The second-order valence-corrected chi connectivity index (χ2v) is 6.24. The Morgan fingerprint density at radius 2 is 1.59 bits per heavy atom. The Morgan fingerprint density at radius 1 is 1.00 bits per heavy atom. The van der Waals surface area contributed by atoms with Crippen LogP contribution in [0.25, 0.3) is 0 Å². The number of aliphatic carboxylic acids is 2. The molecule has 0 aliphatic carbocycles. The second-order valence-electron chi connectivity index (χ2n) is 5.87. The van der Waals surface area contributed by atoms with Gasteiger partial charge in [0.05, 0.1) is 6.04 Å². The first-order chi connectivity index (χ1) is 12.7. The summed E-state index contributed by atoms with van der Waals surface area (Å²) in [4.78, 5) is 46.4. The SMILES string of the molecule is NC(CCC(=O)O)C(=O)NC(Cc1ccccc1)C(=O)NC(CS)C(=O)O. The molecular weight excluding hydrogens is 374 g/mol. The number of hydrogen-bond donors (Lipinski definition) is 6. The van der Waals surface area contributed by atoms with E-state index in [0.717, 1.165) is 5.56 Å². The van der Waals surface area contributed by atoms with E-state index >= 15 is 0 Å². The quantitative estimate of drug-likeness (QED) is 0.272. The Kier molecular flexibility index (Phi) is 9.31. The van der Waals surface area contributed by atoms with Crippen molar-refractivity contribution < 1.29 is 29.4 Å². The molecule has 148 valence electrons. The van der Waals surface area contributed by atoms with Gasteiger partial charge in [-0.3, -0.25) is 14.4 Å². The smallest absolute Gasteiger partial charge is 0.327 e. The van der Waals surface area contributed by atoms with E-state index in [1.807, 2.05) is 0 Å². The number of nitrogens with two attached hydrogens (primary N) is 1. The largest absolute Gasteiger partial charge is 0.481 e. The number of carbonyl (C=O) groups is 4. The molecule has 0 aromatic heterocycles. The van der Waals surface area contributed by atoms with Crippen molar-refractivity contribution in [2.75, 3.05) is 5.75 Å². The minimum absolute atomic E-state index is 0.0881. The van der Waals surface area contributed by atoms with Crippen molar-refractivity contribution in [1.29, 1.82) is 0 Å². The van der Waals surface area contributed by atoms with E-state index in [1.54, 1.807) is 30.3 Å². The third kappa shape index (κ3) is 8.09. The van der Waals surface area contributed by atoms with Crippen LogP contribution in [0, 0.1) is 0 Å². The van der Waals surface area contributed by atoms with E-state index in [-0.39, 0.29) is 25.0 Å². The predicted molar refractivity (Wildman–Crippen MR) is 100 cm³/mol. The summed E-state index contributed by atoms with van der Waals surface area (Å²) in [7, 11) is 0. The number of benzene rings is 1.